The van der Waals surface area contributed by atoms with Crippen molar-refractivity contribution in [1.82, 2.24) is 20.4 Å². The average Bonchev–Trinajstić information content (AvgIpc) is 3.22. The molecule has 1 aromatic heterocycles. The summed E-state index contributed by atoms with van der Waals surface area (Å²) in [6.45, 7) is 3.06. The first kappa shape index (κ1) is 19.4. The maximum absolute atomic E-state index is 11.4. The Morgan fingerprint density at radius 3 is 2.80 bits per heavy atom. The van der Waals surface area contributed by atoms with Gasteiger partial charge in [-0.1, -0.05) is 35.5 Å². The summed E-state index contributed by atoms with van der Waals surface area (Å²) in [5, 5.41) is 6.41. The molecule has 136 valence electrons. The van der Waals surface area contributed by atoms with Crippen molar-refractivity contribution in [3.63, 3.8) is 0 Å². The predicted octanol–water partition coefficient (Wildman–Crippen LogP) is 0.954. The predicted molar refractivity (Wildman–Crippen MR) is 96.3 cm³/mol. The minimum Gasteiger partial charge on any atom is -0.359 e. The number of hydrogen-bond acceptors (Lipinski definition) is 6. The minimum absolute atomic E-state index is 0. The van der Waals surface area contributed by atoms with Crippen LogP contribution in [0, 0.1) is 5.92 Å². The first-order valence-electron chi connectivity index (χ1n) is 8.19. The van der Waals surface area contributed by atoms with Crippen LogP contribution < -0.4 is 11.1 Å². The molecule has 1 aromatic carbocycles. The van der Waals surface area contributed by atoms with Crippen molar-refractivity contribution in [3.8, 4) is 0 Å². The van der Waals surface area contributed by atoms with Gasteiger partial charge < -0.3 is 15.6 Å². The van der Waals surface area contributed by atoms with E-state index in [0.29, 0.717) is 36.6 Å². The third kappa shape index (κ3) is 4.78. The molecule has 1 fully saturated rings. The number of aromatic nitrogens is 2. The molecule has 8 heteroatoms. The monoisotopic (exact) mass is 365 g/mol. The highest BCUT2D eigenvalue weighted by atomic mass is 35.5. The fourth-order valence-electron chi connectivity index (χ4n) is 3.26. The van der Waals surface area contributed by atoms with Crippen LogP contribution in [0.1, 0.15) is 23.2 Å². The van der Waals surface area contributed by atoms with E-state index in [9.17, 15) is 4.79 Å². The number of nitrogens with zero attached hydrogens (tertiary/aromatic N) is 3. The largest absolute Gasteiger partial charge is 0.359 e. The Labute approximate surface area is 153 Å². The second-order valence-corrected chi connectivity index (χ2v) is 6.16. The van der Waals surface area contributed by atoms with Crippen LogP contribution in [0.15, 0.2) is 34.9 Å². The van der Waals surface area contributed by atoms with Gasteiger partial charge in [0, 0.05) is 26.1 Å². The van der Waals surface area contributed by atoms with Gasteiger partial charge in [-0.15, -0.1) is 12.4 Å². The van der Waals surface area contributed by atoms with E-state index in [4.69, 9.17) is 10.3 Å². The summed E-state index contributed by atoms with van der Waals surface area (Å²) in [5.41, 5.74) is 7.29. The van der Waals surface area contributed by atoms with E-state index in [1.54, 1.807) is 7.05 Å². The first-order valence-corrected chi connectivity index (χ1v) is 8.19. The lowest BCUT2D eigenvalue weighted by Crippen LogP contribution is -2.23. The summed E-state index contributed by atoms with van der Waals surface area (Å²) in [7, 11) is 1.59. The number of rotatable bonds is 6. The molecule has 2 atom stereocenters. The van der Waals surface area contributed by atoms with Crippen molar-refractivity contribution < 1.29 is 9.32 Å². The van der Waals surface area contributed by atoms with Crippen molar-refractivity contribution in [2.45, 2.75) is 18.9 Å². The first-order chi connectivity index (χ1) is 11.7. The van der Waals surface area contributed by atoms with E-state index in [1.807, 2.05) is 6.07 Å². The van der Waals surface area contributed by atoms with Crippen LogP contribution in [0.2, 0.25) is 0 Å². The van der Waals surface area contributed by atoms with Gasteiger partial charge in [-0.05, 0) is 18.0 Å². The molecule has 1 aliphatic rings. The number of likely N-dealkylation sites (tertiary alicyclic amines) is 1. The summed E-state index contributed by atoms with van der Waals surface area (Å²) in [5.74, 6) is 1.66. The van der Waals surface area contributed by atoms with Gasteiger partial charge in [-0.3, -0.25) is 9.69 Å². The van der Waals surface area contributed by atoms with E-state index >= 15 is 0 Å². The molecule has 0 unspecified atom stereocenters. The molecule has 3 N–H and O–H groups in total. The van der Waals surface area contributed by atoms with Gasteiger partial charge >= 0.3 is 0 Å². The van der Waals surface area contributed by atoms with Crippen LogP contribution in [0.25, 0.3) is 0 Å². The lowest BCUT2D eigenvalue weighted by molar-refractivity contribution is -0.120. The van der Waals surface area contributed by atoms with Gasteiger partial charge in [-0.2, -0.15) is 4.98 Å². The number of amides is 1. The van der Waals surface area contributed by atoms with E-state index in [-0.39, 0.29) is 24.7 Å². The van der Waals surface area contributed by atoms with Crippen molar-refractivity contribution in [2.24, 2.45) is 11.7 Å². The van der Waals surface area contributed by atoms with Crippen molar-refractivity contribution in [2.75, 3.05) is 26.7 Å². The number of carbonyl (C=O) groups excluding carboxylic acids is 1. The maximum atomic E-state index is 11.4. The van der Waals surface area contributed by atoms with Gasteiger partial charge in [-0.25, -0.2) is 0 Å². The zero-order valence-corrected chi connectivity index (χ0v) is 15.0. The molecule has 3 rings (SSSR count). The van der Waals surface area contributed by atoms with Gasteiger partial charge in [0.25, 0.3) is 0 Å². The van der Waals surface area contributed by atoms with Gasteiger partial charge in [0.2, 0.25) is 11.8 Å². The Morgan fingerprint density at radius 1 is 1.36 bits per heavy atom. The van der Waals surface area contributed by atoms with Crippen LogP contribution in [-0.2, 0) is 17.8 Å². The number of likely N-dealkylation sites (N-methyl/N-ethyl adjacent to an activating group) is 1. The van der Waals surface area contributed by atoms with Gasteiger partial charge in [0.15, 0.2) is 5.82 Å². The molecule has 1 amide bonds. The molecular weight excluding hydrogens is 342 g/mol. The van der Waals surface area contributed by atoms with Gasteiger partial charge in [0.1, 0.15) is 0 Å². The fourth-order valence-corrected chi connectivity index (χ4v) is 3.26. The number of carbonyl (C=O) groups is 1. The Kier molecular flexibility index (Phi) is 6.92. The summed E-state index contributed by atoms with van der Waals surface area (Å²) < 4.78 is 5.27. The number of benzene rings is 1. The highest BCUT2D eigenvalue weighted by Crippen LogP contribution is 2.32. The van der Waals surface area contributed by atoms with Crippen LogP contribution in [0.4, 0.5) is 0 Å². The highest BCUT2D eigenvalue weighted by molar-refractivity contribution is 5.85. The topological polar surface area (TPSA) is 97.3 Å². The number of hydrogen-bond donors (Lipinski definition) is 2. The zero-order valence-electron chi connectivity index (χ0n) is 14.2. The summed E-state index contributed by atoms with van der Waals surface area (Å²) >= 11 is 0. The third-order valence-electron chi connectivity index (χ3n) is 4.51. The number of halogens is 1. The molecule has 0 radical (unpaired) electrons. The standard InChI is InChI=1S/C17H23N5O2.ClH/c1-19-16(23)7-15-20-17(24-21-15)11-22-9-13(8-18)14(10-22)12-5-3-2-4-6-12;/h2-6,13-14H,7-11,18H2,1H3,(H,19,23);1H/t13-,14+;/m1./s1. The number of nitrogens with two attached hydrogens (primary N) is 1. The molecule has 0 bridgehead atoms. The summed E-state index contributed by atoms with van der Waals surface area (Å²) in [6, 6.07) is 10.5. The minimum atomic E-state index is -0.129. The molecule has 2 heterocycles. The quantitative estimate of drug-likeness (QED) is 0.791. The van der Waals surface area contributed by atoms with Crippen LogP contribution in [0.5, 0.6) is 0 Å². The molecule has 25 heavy (non-hydrogen) atoms. The fraction of sp³-hybridized carbons (Fsp3) is 0.471. The Hall–Kier alpha value is -1.96. The maximum Gasteiger partial charge on any atom is 0.240 e. The molecular formula is C17H24ClN5O2. The highest BCUT2D eigenvalue weighted by Gasteiger charge is 2.33. The van der Waals surface area contributed by atoms with E-state index in [0.717, 1.165) is 13.1 Å². The SMILES string of the molecule is CNC(=O)Cc1noc(CN2C[C@@H](CN)[C@H](c3ccccc3)C2)n1.Cl. The summed E-state index contributed by atoms with van der Waals surface area (Å²) in [6.07, 6.45) is 0.137. The van der Waals surface area contributed by atoms with Crippen LogP contribution in [-0.4, -0.2) is 47.6 Å². The second-order valence-electron chi connectivity index (χ2n) is 6.16. The van der Waals surface area contributed by atoms with Crippen LogP contribution in [0.3, 0.4) is 0 Å². The molecule has 1 saturated heterocycles. The molecule has 0 aliphatic carbocycles. The second kappa shape index (κ2) is 8.94. The van der Waals surface area contributed by atoms with Crippen molar-refractivity contribution >= 4 is 18.3 Å². The normalized spacial score (nSPS) is 20.2. The van der Waals surface area contributed by atoms with Crippen molar-refractivity contribution in [3.05, 3.63) is 47.6 Å². The summed E-state index contributed by atoms with van der Waals surface area (Å²) in [4.78, 5) is 17.9. The molecule has 0 saturated carbocycles. The Balaban J connectivity index is 0.00000225. The molecule has 7 nitrogen and oxygen atoms in total. The molecule has 1 aliphatic heterocycles. The Bertz CT molecular complexity index is 679. The molecule has 2 aromatic rings. The zero-order chi connectivity index (χ0) is 16.9. The third-order valence-corrected chi connectivity index (χ3v) is 4.51. The number of nitrogens with one attached hydrogen (secondary N) is 1. The smallest absolute Gasteiger partial charge is 0.240 e. The molecule has 0 spiro atoms. The lowest BCUT2D eigenvalue weighted by atomic mass is 9.89. The average molecular weight is 366 g/mol. The Morgan fingerprint density at radius 2 is 2.12 bits per heavy atom. The van der Waals surface area contributed by atoms with E-state index < -0.39 is 0 Å². The lowest BCUT2D eigenvalue weighted by Gasteiger charge is -2.16. The van der Waals surface area contributed by atoms with Crippen LogP contribution >= 0.6 is 12.4 Å². The van der Waals surface area contributed by atoms with Crippen molar-refractivity contribution in [1.29, 1.82) is 0 Å². The van der Waals surface area contributed by atoms with E-state index in [2.05, 4.69) is 44.6 Å². The van der Waals surface area contributed by atoms with E-state index in [1.165, 1.54) is 5.56 Å². The van der Waals surface area contributed by atoms with Gasteiger partial charge in [0.05, 0.1) is 13.0 Å².